The highest BCUT2D eigenvalue weighted by atomic mass is 16.5. The van der Waals surface area contributed by atoms with E-state index in [1.54, 1.807) is 0 Å². The van der Waals surface area contributed by atoms with Crippen molar-refractivity contribution in [3.05, 3.63) is 78.0 Å². The first-order valence-electron chi connectivity index (χ1n) is 12.4. The van der Waals surface area contributed by atoms with Gasteiger partial charge in [-0.05, 0) is 55.3 Å². The summed E-state index contributed by atoms with van der Waals surface area (Å²) in [7, 11) is 0. The third kappa shape index (κ3) is 7.44. The van der Waals surface area contributed by atoms with Crippen molar-refractivity contribution in [3.63, 3.8) is 0 Å². The highest BCUT2D eigenvalue weighted by molar-refractivity contribution is 5.91. The number of carbonyl (C=O) groups is 1. The van der Waals surface area contributed by atoms with Gasteiger partial charge in [-0.2, -0.15) is 0 Å². The summed E-state index contributed by atoms with van der Waals surface area (Å²) in [6, 6.07) is 19.2. The Balaban J connectivity index is 1.27. The highest BCUT2D eigenvalue weighted by Crippen LogP contribution is 2.28. The van der Waals surface area contributed by atoms with E-state index < -0.39 is 0 Å². The number of anilines is 2. The number of nitrogens with one attached hydrogen (secondary N) is 2. The molecule has 1 fully saturated rings. The van der Waals surface area contributed by atoms with Gasteiger partial charge in [0.2, 0.25) is 0 Å². The van der Waals surface area contributed by atoms with Crippen molar-refractivity contribution >= 4 is 17.4 Å². The molecule has 1 aliphatic heterocycles. The van der Waals surface area contributed by atoms with Crippen LogP contribution in [0.4, 0.5) is 11.5 Å². The summed E-state index contributed by atoms with van der Waals surface area (Å²) in [4.78, 5) is 19.1. The zero-order chi connectivity index (χ0) is 25.2. The predicted molar refractivity (Wildman–Crippen MR) is 141 cm³/mol. The molecule has 1 amide bonds. The highest BCUT2D eigenvalue weighted by Gasteiger charge is 2.17. The van der Waals surface area contributed by atoms with Gasteiger partial charge >= 0.3 is 0 Å². The molecule has 0 saturated carbocycles. The molecule has 1 unspecified atom stereocenters. The minimum Gasteiger partial charge on any atom is -0.490 e. The molecule has 1 saturated heterocycles. The Labute approximate surface area is 212 Å². The van der Waals surface area contributed by atoms with Crippen LogP contribution in [0.5, 0.6) is 11.5 Å². The minimum atomic E-state index is -0.225. The third-order valence-electron chi connectivity index (χ3n) is 5.76. The molecule has 0 aliphatic carbocycles. The van der Waals surface area contributed by atoms with Crippen LogP contribution in [-0.2, 0) is 22.6 Å². The van der Waals surface area contributed by atoms with Crippen LogP contribution in [0.2, 0.25) is 0 Å². The lowest BCUT2D eigenvalue weighted by Gasteiger charge is -2.32. The quantitative estimate of drug-likeness (QED) is 0.420. The van der Waals surface area contributed by atoms with Crippen LogP contribution < -0.4 is 25.0 Å². The minimum absolute atomic E-state index is 0.0983. The van der Waals surface area contributed by atoms with Crippen molar-refractivity contribution in [1.82, 2.24) is 10.3 Å². The second-order valence-electron chi connectivity index (χ2n) is 8.67. The molecule has 2 aromatic carbocycles. The second-order valence-corrected chi connectivity index (χ2v) is 8.67. The van der Waals surface area contributed by atoms with Gasteiger partial charge in [0.1, 0.15) is 5.82 Å². The topological polar surface area (TPSA) is 85.0 Å². The molecule has 36 heavy (non-hydrogen) atoms. The van der Waals surface area contributed by atoms with E-state index in [1.165, 1.54) is 0 Å². The molecule has 1 aromatic heterocycles. The molecule has 2 N–H and O–H groups in total. The number of aromatic nitrogens is 1. The van der Waals surface area contributed by atoms with E-state index in [2.05, 4.69) is 39.6 Å². The fraction of sp³-hybridized carbons (Fsp3) is 0.357. The zero-order valence-electron chi connectivity index (χ0n) is 20.9. The zero-order valence-corrected chi connectivity index (χ0v) is 20.9. The van der Waals surface area contributed by atoms with Crippen LogP contribution in [0, 0.1) is 0 Å². The van der Waals surface area contributed by atoms with Crippen LogP contribution in [0.3, 0.4) is 0 Å². The molecule has 1 aliphatic rings. The Kier molecular flexibility index (Phi) is 9.13. The molecule has 2 heterocycles. The molecule has 8 nitrogen and oxygen atoms in total. The summed E-state index contributed by atoms with van der Waals surface area (Å²) in [5, 5.41) is 6.27. The summed E-state index contributed by atoms with van der Waals surface area (Å²) in [6.07, 6.45) is 2.15. The van der Waals surface area contributed by atoms with Gasteiger partial charge in [0.25, 0.3) is 5.91 Å². The number of rotatable bonds is 11. The number of benzene rings is 2. The van der Waals surface area contributed by atoms with Crippen LogP contribution >= 0.6 is 0 Å². The van der Waals surface area contributed by atoms with Gasteiger partial charge < -0.3 is 29.7 Å². The van der Waals surface area contributed by atoms with E-state index in [9.17, 15) is 4.79 Å². The van der Waals surface area contributed by atoms with Crippen LogP contribution in [-0.4, -0.2) is 49.9 Å². The molecule has 1 atom stereocenters. The summed E-state index contributed by atoms with van der Waals surface area (Å²) < 4.78 is 17.1. The normalized spacial score (nSPS) is 15.4. The van der Waals surface area contributed by atoms with Gasteiger partial charge in [-0.1, -0.05) is 30.3 Å². The Morgan fingerprint density at radius 3 is 2.61 bits per heavy atom. The number of morpholine rings is 1. The average Bonchev–Trinajstić information content (AvgIpc) is 2.89. The van der Waals surface area contributed by atoms with Gasteiger partial charge in [-0.15, -0.1) is 0 Å². The number of pyridine rings is 1. The maximum atomic E-state index is 12.2. The first kappa shape index (κ1) is 25.5. The van der Waals surface area contributed by atoms with E-state index in [0.29, 0.717) is 31.2 Å². The molecule has 190 valence electrons. The number of para-hydroxylation sites is 1. The summed E-state index contributed by atoms with van der Waals surface area (Å²) in [5.41, 5.74) is 2.92. The molecular weight excluding hydrogens is 456 g/mol. The van der Waals surface area contributed by atoms with Crippen LogP contribution in [0.15, 0.2) is 66.9 Å². The Hall–Kier alpha value is -3.62. The van der Waals surface area contributed by atoms with Gasteiger partial charge in [0.15, 0.2) is 18.1 Å². The van der Waals surface area contributed by atoms with E-state index in [0.717, 1.165) is 42.3 Å². The third-order valence-corrected chi connectivity index (χ3v) is 5.76. The molecule has 0 radical (unpaired) electrons. The fourth-order valence-electron chi connectivity index (χ4n) is 4.00. The van der Waals surface area contributed by atoms with Crippen LogP contribution in [0.1, 0.15) is 25.0 Å². The summed E-state index contributed by atoms with van der Waals surface area (Å²) in [5.74, 6) is 1.93. The Morgan fingerprint density at radius 2 is 1.86 bits per heavy atom. The van der Waals surface area contributed by atoms with E-state index in [4.69, 9.17) is 14.2 Å². The molecule has 4 rings (SSSR count). The van der Waals surface area contributed by atoms with Crippen molar-refractivity contribution in [2.24, 2.45) is 0 Å². The maximum Gasteiger partial charge on any atom is 0.262 e. The maximum absolute atomic E-state index is 12.2. The van der Waals surface area contributed by atoms with E-state index in [1.807, 2.05) is 61.7 Å². The molecular formula is C28H34N4O4. The first-order chi connectivity index (χ1) is 17.6. The van der Waals surface area contributed by atoms with Crippen molar-refractivity contribution in [3.8, 4) is 11.5 Å². The molecule has 8 heteroatoms. The number of hydrogen-bond acceptors (Lipinski definition) is 7. The number of nitrogens with zero attached hydrogens (tertiary/aromatic N) is 2. The molecule has 0 bridgehead atoms. The second kappa shape index (κ2) is 12.9. The van der Waals surface area contributed by atoms with Crippen molar-refractivity contribution in [2.75, 3.05) is 43.1 Å². The molecule has 0 spiro atoms. The van der Waals surface area contributed by atoms with Crippen molar-refractivity contribution in [1.29, 1.82) is 0 Å². The van der Waals surface area contributed by atoms with E-state index >= 15 is 0 Å². The predicted octanol–water partition coefficient (Wildman–Crippen LogP) is 4.01. The summed E-state index contributed by atoms with van der Waals surface area (Å²) in [6.45, 7) is 8.25. The summed E-state index contributed by atoms with van der Waals surface area (Å²) >= 11 is 0. The van der Waals surface area contributed by atoms with Gasteiger partial charge in [-0.3, -0.25) is 4.79 Å². The fourth-order valence-corrected chi connectivity index (χ4v) is 4.00. The monoisotopic (exact) mass is 490 g/mol. The molecule has 3 aromatic rings. The standard InChI is InChI=1S/C28H34N4O4/c1-3-34-26-15-22(9-11-25(26)36-20-28(33)31-24-7-5-4-6-8-24)16-29-17-23-10-12-27(30-18-23)32-13-14-35-21(2)19-32/h4-12,15,18,21,29H,3,13-14,16-17,19-20H2,1-2H3,(H,31,33). The number of ether oxygens (including phenoxy) is 3. The number of carbonyl (C=O) groups excluding carboxylic acids is 1. The average molecular weight is 491 g/mol. The van der Waals surface area contributed by atoms with Gasteiger partial charge in [0, 0.05) is 38.1 Å². The number of amides is 1. The largest absolute Gasteiger partial charge is 0.490 e. The SMILES string of the molecule is CCOc1cc(CNCc2ccc(N3CCOC(C)C3)nc2)ccc1OCC(=O)Nc1ccccc1. The first-order valence-corrected chi connectivity index (χ1v) is 12.4. The lowest BCUT2D eigenvalue weighted by molar-refractivity contribution is -0.118. The number of hydrogen-bond donors (Lipinski definition) is 2. The van der Waals surface area contributed by atoms with Crippen LogP contribution in [0.25, 0.3) is 0 Å². The van der Waals surface area contributed by atoms with Gasteiger partial charge in [0.05, 0.1) is 19.3 Å². The Morgan fingerprint density at radius 1 is 1.06 bits per heavy atom. The van der Waals surface area contributed by atoms with E-state index in [-0.39, 0.29) is 18.6 Å². The lowest BCUT2D eigenvalue weighted by Crippen LogP contribution is -2.41. The van der Waals surface area contributed by atoms with Gasteiger partial charge in [-0.25, -0.2) is 4.98 Å². The Bertz CT molecular complexity index is 1110. The smallest absolute Gasteiger partial charge is 0.262 e. The van der Waals surface area contributed by atoms with Crippen molar-refractivity contribution < 1.29 is 19.0 Å². The lowest BCUT2D eigenvalue weighted by atomic mass is 10.2. The van der Waals surface area contributed by atoms with Crippen molar-refractivity contribution in [2.45, 2.75) is 33.0 Å².